The Kier molecular flexibility index (Phi) is 9.20. The predicted octanol–water partition coefficient (Wildman–Crippen LogP) is 20.1. The minimum atomic E-state index is 1.13. The van der Waals surface area contributed by atoms with Gasteiger partial charge in [-0.2, -0.15) is 0 Å². The Bertz CT molecular complexity index is 4660. The first kappa shape index (κ1) is 40.8. The quantitative estimate of drug-likeness (QED) is 0.146. The van der Waals surface area contributed by atoms with E-state index in [-0.39, 0.29) is 0 Å². The molecule has 0 aliphatic carbocycles. The fourth-order valence-electron chi connectivity index (χ4n) is 11.9. The van der Waals surface area contributed by atoms with Crippen LogP contribution in [-0.2, 0) is 0 Å². The highest BCUT2D eigenvalue weighted by atomic mass is 32.1. The average Bonchev–Trinajstić information content (AvgIpc) is 4.00. The number of benzene rings is 13. The molecule has 0 amide bonds. The molecule has 15 aromatic rings. The molecule has 13 aromatic carbocycles. The van der Waals surface area contributed by atoms with Crippen LogP contribution >= 0.6 is 11.3 Å². The van der Waals surface area contributed by atoms with Gasteiger partial charge in [-0.25, -0.2) is 0 Å². The molecular weight excluding hydrogens is 887 g/mol. The van der Waals surface area contributed by atoms with Gasteiger partial charge in [-0.3, -0.25) is 0 Å². The van der Waals surface area contributed by atoms with Crippen LogP contribution in [0, 0.1) is 0 Å². The summed E-state index contributed by atoms with van der Waals surface area (Å²) in [6, 6.07) is 96.9. The Hall–Kier alpha value is -9.08. The SMILES string of the molecule is c1ccc2c(-c3ccc(-c4c5ccccc5c(-c5ccc(-c6cccc7ccccc67)cc5)c5cc(-n6c7ccccc7c7cc(-c8cccc9c8sc8ccccc89)ccc76)ccc45)cc3)cccc2c1. The van der Waals surface area contributed by atoms with Gasteiger partial charge in [0.15, 0.2) is 0 Å². The Labute approximate surface area is 420 Å². The van der Waals surface area contributed by atoms with Gasteiger partial charge in [-0.1, -0.05) is 224 Å². The van der Waals surface area contributed by atoms with Crippen LogP contribution in [0.1, 0.15) is 0 Å². The number of rotatable bonds is 6. The van der Waals surface area contributed by atoms with Gasteiger partial charge in [-0.05, 0) is 135 Å². The van der Waals surface area contributed by atoms with E-state index in [0.29, 0.717) is 0 Å². The van der Waals surface area contributed by atoms with Crippen molar-refractivity contribution in [2.24, 2.45) is 0 Å². The summed E-state index contributed by atoms with van der Waals surface area (Å²) in [5.74, 6) is 0. The van der Waals surface area contributed by atoms with E-state index in [1.807, 2.05) is 11.3 Å². The number of fused-ring (bicyclic) bond motifs is 10. The second-order valence-electron chi connectivity index (χ2n) is 19.1. The van der Waals surface area contributed by atoms with Crippen molar-refractivity contribution in [1.82, 2.24) is 4.57 Å². The largest absolute Gasteiger partial charge is 0.309 e. The molecule has 0 unspecified atom stereocenters. The minimum absolute atomic E-state index is 1.13. The van der Waals surface area contributed by atoms with Crippen LogP contribution in [0.5, 0.6) is 0 Å². The summed E-state index contributed by atoms with van der Waals surface area (Å²) in [4.78, 5) is 0. The lowest BCUT2D eigenvalue weighted by atomic mass is 9.85. The molecule has 2 aromatic heterocycles. The maximum Gasteiger partial charge on any atom is 0.0541 e. The molecule has 0 fully saturated rings. The summed E-state index contributed by atoms with van der Waals surface area (Å²) in [7, 11) is 0. The van der Waals surface area contributed by atoms with E-state index in [2.05, 4.69) is 265 Å². The van der Waals surface area contributed by atoms with Crippen molar-refractivity contribution in [2.75, 3.05) is 0 Å². The van der Waals surface area contributed by atoms with E-state index in [1.165, 1.54) is 141 Å². The number of aromatic nitrogens is 1. The molecular formula is C70H43NS. The third-order valence-electron chi connectivity index (χ3n) is 15.2. The number of nitrogens with zero attached hydrogens (tertiary/aromatic N) is 1. The molecule has 0 spiro atoms. The third kappa shape index (κ3) is 6.33. The molecule has 0 saturated carbocycles. The number of hydrogen-bond donors (Lipinski definition) is 0. The summed E-state index contributed by atoms with van der Waals surface area (Å²) in [6.07, 6.45) is 0. The highest BCUT2D eigenvalue weighted by molar-refractivity contribution is 7.26. The van der Waals surface area contributed by atoms with Crippen LogP contribution in [0.15, 0.2) is 261 Å². The van der Waals surface area contributed by atoms with E-state index in [0.717, 1.165) is 5.69 Å². The van der Waals surface area contributed by atoms with Crippen molar-refractivity contribution in [2.45, 2.75) is 0 Å². The standard InChI is InChI=1S/C70H43NS/c1-3-18-52-44(14-1)16-11-24-54(52)46-30-34-48(35-31-46)68-59-22-5-6-23-60(59)69(49-36-32-47(33-37-49)55-25-12-17-45-15-2-4-19-53(45)55)64-43-51(39-40-61(64)68)71-65-28-9-7-20-57(65)63-42-50(38-41-66(63)71)56-26-13-27-62-58-21-8-10-29-67(58)72-70(56)62/h1-43H. The van der Waals surface area contributed by atoms with Crippen LogP contribution in [0.25, 0.3) is 146 Å². The Morgan fingerprint density at radius 3 is 1.38 bits per heavy atom. The summed E-state index contributed by atoms with van der Waals surface area (Å²) in [5, 5.41) is 15.1. The molecule has 334 valence electrons. The van der Waals surface area contributed by atoms with E-state index < -0.39 is 0 Å². The molecule has 0 radical (unpaired) electrons. The second-order valence-corrected chi connectivity index (χ2v) is 20.2. The Morgan fingerprint density at radius 1 is 0.250 bits per heavy atom. The number of para-hydroxylation sites is 1. The molecule has 1 nitrogen and oxygen atoms in total. The molecule has 0 N–H and O–H groups in total. The lowest BCUT2D eigenvalue weighted by molar-refractivity contribution is 1.19. The molecule has 0 bridgehead atoms. The molecule has 15 rings (SSSR count). The average molecular weight is 930 g/mol. The fourth-order valence-corrected chi connectivity index (χ4v) is 13.1. The van der Waals surface area contributed by atoms with Gasteiger partial charge in [0.2, 0.25) is 0 Å². The predicted molar refractivity (Wildman–Crippen MR) is 311 cm³/mol. The summed E-state index contributed by atoms with van der Waals surface area (Å²) in [6.45, 7) is 0. The van der Waals surface area contributed by atoms with Gasteiger partial charge in [-0.15, -0.1) is 11.3 Å². The van der Waals surface area contributed by atoms with E-state index in [4.69, 9.17) is 0 Å². The minimum Gasteiger partial charge on any atom is -0.309 e. The molecule has 0 aliphatic heterocycles. The van der Waals surface area contributed by atoms with Crippen molar-refractivity contribution in [3.63, 3.8) is 0 Å². The summed E-state index contributed by atoms with van der Waals surface area (Å²) >= 11 is 1.89. The van der Waals surface area contributed by atoms with Gasteiger partial charge in [0.05, 0.1) is 11.0 Å². The van der Waals surface area contributed by atoms with E-state index >= 15 is 0 Å². The zero-order chi connectivity index (χ0) is 47.3. The Morgan fingerprint density at radius 2 is 0.708 bits per heavy atom. The lowest BCUT2D eigenvalue weighted by Gasteiger charge is -2.20. The van der Waals surface area contributed by atoms with Crippen LogP contribution in [0.2, 0.25) is 0 Å². The first-order valence-electron chi connectivity index (χ1n) is 24.8. The van der Waals surface area contributed by atoms with E-state index in [9.17, 15) is 0 Å². The van der Waals surface area contributed by atoms with Crippen LogP contribution in [0.4, 0.5) is 0 Å². The Balaban J connectivity index is 0.949. The third-order valence-corrected chi connectivity index (χ3v) is 16.4. The monoisotopic (exact) mass is 929 g/mol. The first-order valence-corrected chi connectivity index (χ1v) is 25.6. The van der Waals surface area contributed by atoms with Crippen molar-refractivity contribution in [3.05, 3.63) is 261 Å². The van der Waals surface area contributed by atoms with Gasteiger partial charge in [0.25, 0.3) is 0 Å². The number of thiophene rings is 1. The molecule has 2 heteroatoms. The molecule has 2 heterocycles. The maximum absolute atomic E-state index is 2.48. The highest BCUT2D eigenvalue weighted by Crippen LogP contribution is 2.47. The number of hydrogen-bond acceptors (Lipinski definition) is 1. The van der Waals surface area contributed by atoms with Crippen LogP contribution in [-0.4, -0.2) is 4.57 Å². The van der Waals surface area contributed by atoms with Gasteiger partial charge >= 0.3 is 0 Å². The van der Waals surface area contributed by atoms with Crippen molar-refractivity contribution in [1.29, 1.82) is 0 Å². The van der Waals surface area contributed by atoms with Crippen LogP contribution < -0.4 is 0 Å². The van der Waals surface area contributed by atoms with Crippen molar-refractivity contribution < 1.29 is 0 Å². The highest BCUT2D eigenvalue weighted by Gasteiger charge is 2.21. The molecule has 0 saturated heterocycles. The molecule has 72 heavy (non-hydrogen) atoms. The smallest absolute Gasteiger partial charge is 0.0541 e. The lowest BCUT2D eigenvalue weighted by Crippen LogP contribution is -1.96. The summed E-state index contributed by atoms with van der Waals surface area (Å²) < 4.78 is 5.14. The van der Waals surface area contributed by atoms with Crippen LogP contribution in [0.3, 0.4) is 0 Å². The first-order chi connectivity index (χ1) is 35.7. The zero-order valence-electron chi connectivity index (χ0n) is 39.2. The van der Waals surface area contributed by atoms with Gasteiger partial charge in [0, 0.05) is 36.6 Å². The van der Waals surface area contributed by atoms with E-state index in [1.54, 1.807) is 0 Å². The van der Waals surface area contributed by atoms with Gasteiger partial charge in [0.1, 0.15) is 0 Å². The fraction of sp³-hybridized carbons (Fsp3) is 0. The summed E-state index contributed by atoms with van der Waals surface area (Å²) in [5.41, 5.74) is 15.8. The molecule has 0 atom stereocenters. The normalized spacial score (nSPS) is 11.9. The maximum atomic E-state index is 2.48. The second kappa shape index (κ2) is 16.2. The molecule has 0 aliphatic rings. The van der Waals surface area contributed by atoms with Crippen molar-refractivity contribution in [3.8, 4) is 61.3 Å². The van der Waals surface area contributed by atoms with Crippen molar-refractivity contribution >= 4 is 96.4 Å². The zero-order valence-corrected chi connectivity index (χ0v) is 40.0. The van der Waals surface area contributed by atoms with Gasteiger partial charge < -0.3 is 4.57 Å². The topological polar surface area (TPSA) is 4.93 Å².